The number of alkyl halides is 3. The molecule has 0 bridgehead atoms. The summed E-state index contributed by atoms with van der Waals surface area (Å²) in [4.78, 5) is 23.3. The lowest BCUT2D eigenvalue weighted by Crippen LogP contribution is -2.38. The van der Waals surface area contributed by atoms with Crippen LogP contribution >= 0.6 is 0 Å². The summed E-state index contributed by atoms with van der Waals surface area (Å²) >= 11 is 0. The number of likely N-dealkylation sites (tertiary alicyclic amines) is 1. The van der Waals surface area contributed by atoms with Gasteiger partial charge in [0.05, 0.1) is 22.8 Å². The molecule has 1 aromatic heterocycles. The normalized spacial score (nSPS) is 14.4. The maximum absolute atomic E-state index is 12.6. The SMILES string of the molecule is COC(F)(F)F.N#Cc1ccc2c(C3CCN(C(=O)c4ccccc4)CC3)ncnc2c1. The minimum Gasteiger partial charge on any atom is -0.339 e. The van der Waals surface area contributed by atoms with Crippen LogP contribution in [0, 0.1) is 11.3 Å². The summed E-state index contributed by atoms with van der Waals surface area (Å²) in [6.45, 7) is 1.44. The summed E-state index contributed by atoms with van der Waals surface area (Å²) in [5.74, 6) is 0.392. The zero-order valence-corrected chi connectivity index (χ0v) is 17.3. The first-order valence-corrected chi connectivity index (χ1v) is 9.93. The molecule has 1 fully saturated rings. The van der Waals surface area contributed by atoms with Crippen LogP contribution in [-0.4, -0.2) is 47.3 Å². The third-order valence-electron chi connectivity index (χ3n) is 5.22. The number of carbonyl (C=O) groups is 1. The third kappa shape index (κ3) is 5.80. The molecular weight excluding hydrogens is 421 g/mol. The van der Waals surface area contributed by atoms with E-state index >= 15 is 0 Å². The average molecular weight is 442 g/mol. The van der Waals surface area contributed by atoms with Crippen molar-refractivity contribution in [3.05, 3.63) is 71.7 Å². The molecule has 0 radical (unpaired) electrons. The molecule has 0 saturated carbocycles. The number of nitriles is 1. The molecule has 0 atom stereocenters. The first-order valence-electron chi connectivity index (χ1n) is 9.93. The lowest BCUT2D eigenvalue weighted by Gasteiger charge is -2.32. The Labute approximate surface area is 183 Å². The van der Waals surface area contributed by atoms with Gasteiger partial charge in [0.25, 0.3) is 5.91 Å². The number of benzene rings is 2. The van der Waals surface area contributed by atoms with Gasteiger partial charge in [-0.05, 0) is 43.2 Å². The molecule has 4 rings (SSSR count). The minimum atomic E-state index is -4.46. The fourth-order valence-electron chi connectivity index (χ4n) is 3.59. The van der Waals surface area contributed by atoms with Gasteiger partial charge >= 0.3 is 6.36 Å². The van der Waals surface area contributed by atoms with E-state index in [1.54, 1.807) is 12.4 Å². The van der Waals surface area contributed by atoms with Crippen molar-refractivity contribution >= 4 is 16.8 Å². The maximum atomic E-state index is 12.6. The Morgan fingerprint density at radius 3 is 2.38 bits per heavy atom. The van der Waals surface area contributed by atoms with Crippen LogP contribution in [0.15, 0.2) is 54.9 Å². The lowest BCUT2D eigenvalue weighted by molar-refractivity contribution is -0.311. The van der Waals surface area contributed by atoms with Crippen molar-refractivity contribution in [2.75, 3.05) is 20.2 Å². The van der Waals surface area contributed by atoms with E-state index in [9.17, 15) is 18.0 Å². The fourth-order valence-corrected chi connectivity index (χ4v) is 3.59. The largest absolute Gasteiger partial charge is 0.522 e. The van der Waals surface area contributed by atoms with Crippen molar-refractivity contribution in [1.82, 2.24) is 14.9 Å². The topological polar surface area (TPSA) is 79.1 Å². The summed E-state index contributed by atoms with van der Waals surface area (Å²) in [7, 11) is 0.583. The Hall–Kier alpha value is -3.51. The van der Waals surface area contributed by atoms with Crippen LogP contribution in [0.3, 0.4) is 0 Å². The summed E-state index contributed by atoms with van der Waals surface area (Å²) < 4.78 is 34.6. The predicted molar refractivity (Wildman–Crippen MR) is 112 cm³/mol. The molecule has 0 aliphatic carbocycles. The summed E-state index contributed by atoms with van der Waals surface area (Å²) in [6, 6.07) is 17.1. The molecule has 166 valence electrons. The second-order valence-electron chi connectivity index (χ2n) is 7.19. The quantitative estimate of drug-likeness (QED) is 0.576. The number of amides is 1. The summed E-state index contributed by atoms with van der Waals surface area (Å²) in [6.07, 6.45) is -1.13. The van der Waals surface area contributed by atoms with E-state index in [0.717, 1.165) is 48.1 Å². The van der Waals surface area contributed by atoms with Gasteiger partial charge in [0.15, 0.2) is 0 Å². The summed E-state index contributed by atoms with van der Waals surface area (Å²) in [5, 5.41) is 10.1. The Bertz CT molecular complexity index is 1110. The number of hydrogen-bond acceptors (Lipinski definition) is 5. The smallest absolute Gasteiger partial charge is 0.339 e. The Morgan fingerprint density at radius 2 is 1.78 bits per heavy atom. The second-order valence-corrected chi connectivity index (χ2v) is 7.19. The van der Waals surface area contributed by atoms with Gasteiger partial charge in [-0.1, -0.05) is 18.2 Å². The van der Waals surface area contributed by atoms with Crippen molar-refractivity contribution < 1.29 is 22.7 Å². The minimum absolute atomic E-state index is 0.0928. The molecule has 0 unspecified atom stereocenters. The highest BCUT2D eigenvalue weighted by molar-refractivity contribution is 5.94. The number of aromatic nitrogens is 2. The van der Waals surface area contributed by atoms with E-state index in [0.29, 0.717) is 18.6 Å². The predicted octanol–water partition coefficient (Wildman–Crippen LogP) is 4.67. The van der Waals surface area contributed by atoms with Crippen LogP contribution in [0.1, 0.15) is 40.4 Å². The highest BCUT2D eigenvalue weighted by atomic mass is 19.4. The van der Waals surface area contributed by atoms with Crippen molar-refractivity contribution in [3.63, 3.8) is 0 Å². The fraction of sp³-hybridized carbons (Fsp3) is 0.304. The Morgan fingerprint density at radius 1 is 1.12 bits per heavy atom. The van der Waals surface area contributed by atoms with E-state index in [2.05, 4.69) is 20.8 Å². The van der Waals surface area contributed by atoms with Gasteiger partial charge in [0.2, 0.25) is 0 Å². The van der Waals surface area contributed by atoms with Gasteiger partial charge in [-0.2, -0.15) is 5.26 Å². The number of methoxy groups -OCH3 is 1. The van der Waals surface area contributed by atoms with Crippen molar-refractivity contribution in [2.24, 2.45) is 0 Å². The number of carbonyl (C=O) groups excluding carboxylic acids is 1. The molecule has 2 heterocycles. The zero-order chi connectivity index (χ0) is 23.1. The van der Waals surface area contributed by atoms with E-state index < -0.39 is 6.36 Å². The van der Waals surface area contributed by atoms with Crippen LogP contribution in [0.5, 0.6) is 0 Å². The highest BCUT2D eigenvalue weighted by Crippen LogP contribution is 2.31. The Kier molecular flexibility index (Phi) is 7.38. The molecule has 0 spiro atoms. The molecule has 9 heteroatoms. The number of ether oxygens (including phenoxy) is 1. The van der Waals surface area contributed by atoms with E-state index in [4.69, 9.17) is 5.26 Å². The van der Waals surface area contributed by atoms with E-state index in [-0.39, 0.29) is 5.91 Å². The molecule has 1 aliphatic rings. The van der Waals surface area contributed by atoms with Crippen LogP contribution < -0.4 is 0 Å². The highest BCUT2D eigenvalue weighted by Gasteiger charge is 2.27. The number of hydrogen-bond donors (Lipinski definition) is 0. The second kappa shape index (κ2) is 10.2. The molecule has 3 aromatic rings. The molecule has 32 heavy (non-hydrogen) atoms. The molecule has 1 aliphatic heterocycles. The van der Waals surface area contributed by atoms with Crippen LogP contribution in [0.4, 0.5) is 13.2 Å². The van der Waals surface area contributed by atoms with Crippen LogP contribution in [-0.2, 0) is 4.74 Å². The molecule has 6 nitrogen and oxygen atoms in total. The average Bonchev–Trinajstić information content (AvgIpc) is 2.83. The standard InChI is InChI=1S/C21H18N4O.C2H3F3O/c22-13-15-6-7-18-19(12-15)23-14-24-20(18)16-8-10-25(11-9-16)21(26)17-4-2-1-3-5-17;1-6-2(3,4)5/h1-7,12,14,16H,8-11H2;1H3. The van der Waals surface area contributed by atoms with Crippen LogP contribution in [0.25, 0.3) is 10.9 Å². The van der Waals surface area contributed by atoms with E-state index in [1.807, 2.05) is 47.4 Å². The maximum Gasteiger partial charge on any atom is 0.522 e. The van der Waals surface area contributed by atoms with Gasteiger partial charge in [0, 0.05) is 37.1 Å². The number of halogens is 3. The van der Waals surface area contributed by atoms with Crippen molar-refractivity contribution in [2.45, 2.75) is 25.1 Å². The van der Waals surface area contributed by atoms with Gasteiger partial charge in [-0.15, -0.1) is 13.2 Å². The first kappa shape index (κ1) is 23.2. The number of piperidine rings is 1. The Balaban J connectivity index is 0.000000427. The first-order chi connectivity index (χ1) is 15.3. The molecule has 1 amide bonds. The zero-order valence-electron chi connectivity index (χ0n) is 17.3. The van der Waals surface area contributed by atoms with Crippen LogP contribution in [0.2, 0.25) is 0 Å². The van der Waals surface area contributed by atoms with Gasteiger partial charge in [0.1, 0.15) is 6.33 Å². The third-order valence-corrected chi connectivity index (χ3v) is 5.22. The number of rotatable bonds is 2. The molecular formula is C23H21F3N4O2. The lowest BCUT2D eigenvalue weighted by atomic mass is 9.90. The molecule has 0 N–H and O–H groups in total. The van der Waals surface area contributed by atoms with Gasteiger partial charge in [-0.25, -0.2) is 9.97 Å². The van der Waals surface area contributed by atoms with Gasteiger partial charge < -0.3 is 4.90 Å². The number of fused-ring (bicyclic) bond motifs is 1. The molecule has 1 saturated heterocycles. The van der Waals surface area contributed by atoms with Crippen molar-refractivity contribution in [1.29, 1.82) is 5.26 Å². The monoisotopic (exact) mass is 442 g/mol. The van der Waals surface area contributed by atoms with Crippen molar-refractivity contribution in [3.8, 4) is 6.07 Å². The van der Waals surface area contributed by atoms with E-state index in [1.165, 1.54) is 0 Å². The molecule has 2 aromatic carbocycles. The summed E-state index contributed by atoms with van der Waals surface area (Å²) in [5.41, 5.74) is 3.16. The van der Waals surface area contributed by atoms with Gasteiger partial charge in [-0.3, -0.25) is 9.53 Å². The number of nitrogens with zero attached hydrogens (tertiary/aromatic N) is 4.